The molecular weight excluding hydrogens is 242 g/mol. The molecule has 0 aliphatic carbocycles. The van der Waals surface area contributed by atoms with E-state index in [0.29, 0.717) is 18.7 Å². The van der Waals surface area contributed by atoms with Crippen molar-refractivity contribution in [2.75, 3.05) is 20.3 Å². The Hall–Kier alpha value is -1.55. The molecule has 0 atom stereocenters. The first-order valence-corrected chi connectivity index (χ1v) is 6.59. The van der Waals surface area contributed by atoms with Gasteiger partial charge in [-0.3, -0.25) is 4.79 Å². The van der Waals surface area contributed by atoms with Crippen molar-refractivity contribution in [3.8, 4) is 5.75 Å². The maximum absolute atomic E-state index is 11.9. The first-order chi connectivity index (χ1) is 9.04. The lowest BCUT2D eigenvalue weighted by atomic mass is 10.1. The van der Waals surface area contributed by atoms with Gasteiger partial charge in [-0.25, -0.2) is 0 Å². The van der Waals surface area contributed by atoms with E-state index in [9.17, 15) is 4.79 Å². The van der Waals surface area contributed by atoms with E-state index in [4.69, 9.17) is 9.47 Å². The van der Waals surface area contributed by atoms with Gasteiger partial charge in [0.1, 0.15) is 5.75 Å². The number of carbonyl (C=O) groups is 1. The quantitative estimate of drug-likeness (QED) is 0.771. The smallest absolute Gasteiger partial charge is 0.251 e. The average molecular weight is 265 g/mol. The normalized spacial score (nSPS) is 10.6. The molecule has 1 aromatic carbocycles. The summed E-state index contributed by atoms with van der Waals surface area (Å²) in [5.74, 6) is 0.765. The zero-order valence-electron chi connectivity index (χ0n) is 12.2. The Balaban J connectivity index is 2.59. The molecule has 1 amide bonds. The van der Waals surface area contributed by atoms with Gasteiger partial charge in [0.2, 0.25) is 0 Å². The van der Waals surface area contributed by atoms with Crippen LogP contribution in [0.25, 0.3) is 0 Å². The van der Waals surface area contributed by atoms with Crippen molar-refractivity contribution in [1.82, 2.24) is 5.32 Å². The van der Waals surface area contributed by atoms with Crippen molar-refractivity contribution >= 4 is 5.91 Å². The zero-order chi connectivity index (χ0) is 14.3. The van der Waals surface area contributed by atoms with Crippen LogP contribution in [-0.4, -0.2) is 32.3 Å². The molecular formula is C15H23NO3. The predicted molar refractivity (Wildman–Crippen MR) is 75.8 cm³/mol. The maximum Gasteiger partial charge on any atom is 0.251 e. The van der Waals surface area contributed by atoms with Crippen LogP contribution in [0, 0.1) is 6.92 Å². The van der Waals surface area contributed by atoms with Gasteiger partial charge in [-0.2, -0.15) is 0 Å². The molecule has 1 N–H and O–H groups in total. The Morgan fingerprint density at radius 1 is 1.37 bits per heavy atom. The highest BCUT2D eigenvalue weighted by molar-refractivity contribution is 5.94. The molecule has 0 fully saturated rings. The van der Waals surface area contributed by atoms with E-state index in [2.05, 4.69) is 5.32 Å². The first-order valence-electron chi connectivity index (χ1n) is 6.59. The Kier molecular flexibility index (Phi) is 6.36. The second kappa shape index (κ2) is 7.79. The predicted octanol–water partition coefficient (Wildman–Crippen LogP) is 2.55. The van der Waals surface area contributed by atoms with E-state index in [1.807, 2.05) is 32.9 Å². The van der Waals surface area contributed by atoms with Crippen LogP contribution in [0.15, 0.2) is 18.2 Å². The summed E-state index contributed by atoms with van der Waals surface area (Å²) in [6, 6.07) is 5.49. The highest BCUT2D eigenvalue weighted by Gasteiger charge is 2.08. The molecule has 0 aliphatic heterocycles. The van der Waals surface area contributed by atoms with Crippen molar-refractivity contribution in [3.63, 3.8) is 0 Å². The third-order valence-corrected chi connectivity index (χ3v) is 2.61. The summed E-state index contributed by atoms with van der Waals surface area (Å²) in [4.78, 5) is 11.9. The number of aryl methyl sites for hydroxylation is 1. The molecule has 4 nitrogen and oxygen atoms in total. The Morgan fingerprint density at radius 2 is 2.11 bits per heavy atom. The lowest BCUT2D eigenvalue weighted by Crippen LogP contribution is -2.25. The Labute approximate surface area is 115 Å². The highest BCUT2D eigenvalue weighted by Crippen LogP contribution is 2.20. The molecule has 0 heterocycles. The third kappa shape index (κ3) is 5.30. The number of benzene rings is 1. The molecule has 106 valence electrons. The van der Waals surface area contributed by atoms with Crippen LogP contribution in [0.2, 0.25) is 0 Å². The fraction of sp³-hybridized carbons (Fsp3) is 0.533. The number of methoxy groups -OCH3 is 1. The molecule has 0 saturated heterocycles. The molecule has 0 spiro atoms. The summed E-state index contributed by atoms with van der Waals surface area (Å²) in [5, 5.41) is 2.86. The van der Waals surface area contributed by atoms with E-state index < -0.39 is 0 Å². The van der Waals surface area contributed by atoms with Crippen LogP contribution in [0.5, 0.6) is 5.75 Å². The molecule has 1 rings (SSSR count). The number of hydrogen-bond acceptors (Lipinski definition) is 3. The van der Waals surface area contributed by atoms with Crippen LogP contribution < -0.4 is 10.1 Å². The number of ether oxygens (including phenoxy) is 2. The van der Waals surface area contributed by atoms with E-state index in [1.165, 1.54) is 0 Å². The van der Waals surface area contributed by atoms with E-state index in [0.717, 1.165) is 17.7 Å². The van der Waals surface area contributed by atoms with Crippen molar-refractivity contribution < 1.29 is 14.3 Å². The number of hydrogen-bond donors (Lipinski definition) is 1. The fourth-order valence-corrected chi connectivity index (χ4v) is 1.70. The molecule has 0 aromatic heterocycles. The SMILES string of the molecule is COCCCNC(=O)c1ccc(OC(C)C)c(C)c1. The van der Waals surface area contributed by atoms with Gasteiger partial charge >= 0.3 is 0 Å². The van der Waals surface area contributed by atoms with Gasteiger partial charge in [-0.05, 0) is 51.0 Å². The lowest BCUT2D eigenvalue weighted by molar-refractivity contribution is 0.0948. The number of carbonyl (C=O) groups excluding carboxylic acids is 1. The van der Waals surface area contributed by atoms with Crippen molar-refractivity contribution in [3.05, 3.63) is 29.3 Å². The monoisotopic (exact) mass is 265 g/mol. The van der Waals surface area contributed by atoms with Gasteiger partial charge < -0.3 is 14.8 Å². The van der Waals surface area contributed by atoms with Gasteiger partial charge in [0.25, 0.3) is 5.91 Å². The Bertz CT molecular complexity index is 416. The van der Waals surface area contributed by atoms with Crippen molar-refractivity contribution in [2.24, 2.45) is 0 Å². The molecule has 0 bridgehead atoms. The maximum atomic E-state index is 11.9. The molecule has 0 aliphatic rings. The van der Waals surface area contributed by atoms with E-state index >= 15 is 0 Å². The van der Waals surface area contributed by atoms with Crippen LogP contribution in [0.3, 0.4) is 0 Å². The molecule has 0 unspecified atom stereocenters. The minimum absolute atomic E-state index is 0.0599. The van der Waals surface area contributed by atoms with Gasteiger partial charge in [0, 0.05) is 25.8 Å². The van der Waals surface area contributed by atoms with E-state index in [1.54, 1.807) is 13.2 Å². The Morgan fingerprint density at radius 3 is 2.68 bits per heavy atom. The summed E-state index contributed by atoms with van der Waals surface area (Å²) < 4.78 is 10.6. The topological polar surface area (TPSA) is 47.6 Å². The fourth-order valence-electron chi connectivity index (χ4n) is 1.70. The zero-order valence-corrected chi connectivity index (χ0v) is 12.2. The molecule has 0 saturated carbocycles. The second-order valence-electron chi connectivity index (χ2n) is 4.75. The van der Waals surface area contributed by atoms with Crippen LogP contribution in [0.4, 0.5) is 0 Å². The molecule has 1 aromatic rings. The first kappa shape index (κ1) is 15.5. The summed E-state index contributed by atoms with van der Waals surface area (Å²) >= 11 is 0. The van der Waals surface area contributed by atoms with Crippen LogP contribution in [0.1, 0.15) is 36.2 Å². The van der Waals surface area contributed by atoms with Gasteiger partial charge in [0.15, 0.2) is 0 Å². The summed E-state index contributed by atoms with van der Waals surface area (Å²) in [6.45, 7) is 7.18. The van der Waals surface area contributed by atoms with Crippen LogP contribution >= 0.6 is 0 Å². The van der Waals surface area contributed by atoms with Gasteiger partial charge in [-0.1, -0.05) is 0 Å². The summed E-state index contributed by atoms with van der Waals surface area (Å²) in [5.41, 5.74) is 1.63. The minimum atomic E-state index is -0.0599. The standard InChI is InChI=1S/C15H23NO3/c1-11(2)19-14-7-6-13(10-12(14)3)15(17)16-8-5-9-18-4/h6-7,10-11H,5,8-9H2,1-4H3,(H,16,17). The molecule has 19 heavy (non-hydrogen) atoms. The largest absolute Gasteiger partial charge is 0.491 e. The summed E-state index contributed by atoms with van der Waals surface area (Å²) in [6.07, 6.45) is 0.947. The second-order valence-corrected chi connectivity index (χ2v) is 4.75. The van der Waals surface area contributed by atoms with Crippen molar-refractivity contribution in [2.45, 2.75) is 33.3 Å². The third-order valence-electron chi connectivity index (χ3n) is 2.61. The van der Waals surface area contributed by atoms with Gasteiger partial charge in [-0.15, -0.1) is 0 Å². The number of amides is 1. The van der Waals surface area contributed by atoms with Crippen LogP contribution in [-0.2, 0) is 4.74 Å². The van der Waals surface area contributed by atoms with E-state index in [-0.39, 0.29) is 12.0 Å². The number of rotatable bonds is 7. The minimum Gasteiger partial charge on any atom is -0.491 e. The summed E-state index contributed by atoms with van der Waals surface area (Å²) in [7, 11) is 1.65. The van der Waals surface area contributed by atoms with Crippen molar-refractivity contribution in [1.29, 1.82) is 0 Å². The molecule has 4 heteroatoms. The lowest BCUT2D eigenvalue weighted by Gasteiger charge is -2.13. The average Bonchev–Trinajstić information content (AvgIpc) is 2.36. The van der Waals surface area contributed by atoms with Gasteiger partial charge in [0.05, 0.1) is 6.10 Å². The highest BCUT2D eigenvalue weighted by atomic mass is 16.5. The molecule has 0 radical (unpaired) electrons. The number of nitrogens with one attached hydrogen (secondary N) is 1.